The van der Waals surface area contributed by atoms with Crippen molar-refractivity contribution in [3.05, 3.63) is 70.0 Å². The number of phenols is 1. The van der Waals surface area contributed by atoms with Gasteiger partial charge in [0.25, 0.3) is 5.91 Å². The van der Waals surface area contributed by atoms with E-state index in [1.165, 1.54) is 11.0 Å². The molecule has 0 heterocycles. The SMILES string of the molecule is Cc1cccc(-c2ccc(O)c3c2CC2CC4C(N(C)C)C(=O)C(C(N)=O)=C(O)C4(O)C(=O)C2=C3O)c1. The van der Waals surface area contributed by atoms with E-state index in [0.29, 0.717) is 5.56 Å². The molecule has 4 atom stereocenters. The van der Waals surface area contributed by atoms with Crippen LogP contribution in [0.1, 0.15) is 23.1 Å². The number of Topliss-reactive ketones (excluding diaryl/α,β-unsaturated/α-hetero) is 2. The molecule has 0 bridgehead atoms. The maximum atomic E-state index is 13.9. The molecule has 6 N–H and O–H groups in total. The first-order valence-corrected chi connectivity index (χ1v) is 12.0. The highest BCUT2D eigenvalue weighted by atomic mass is 16.3. The lowest BCUT2D eigenvalue weighted by atomic mass is 9.57. The van der Waals surface area contributed by atoms with Crippen molar-refractivity contribution in [3.63, 3.8) is 0 Å². The Kier molecular flexibility index (Phi) is 5.54. The third kappa shape index (κ3) is 3.34. The summed E-state index contributed by atoms with van der Waals surface area (Å²) in [7, 11) is 3.14. The van der Waals surface area contributed by atoms with Gasteiger partial charge in [-0.1, -0.05) is 35.9 Å². The summed E-state index contributed by atoms with van der Waals surface area (Å²) in [5, 5.41) is 44.6. The first-order valence-electron chi connectivity index (χ1n) is 12.0. The Bertz CT molecular complexity index is 1450. The Morgan fingerprint density at radius 2 is 1.81 bits per heavy atom. The molecule has 9 nitrogen and oxygen atoms in total. The van der Waals surface area contributed by atoms with Crippen LogP contribution >= 0.6 is 0 Å². The van der Waals surface area contributed by atoms with Crippen LogP contribution in [0.4, 0.5) is 0 Å². The van der Waals surface area contributed by atoms with E-state index in [1.807, 2.05) is 31.2 Å². The number of nitrogens with zero attached hydrogens (tertiary/aromatic N) is 1. The van der Waals surface area contributed by atoms with Crippen LogP contribution in [0.5, 0.6) is 5.75 Å². The Morgan fingerprint density at radius 3 is 2.43 bits per heavy atom. The van der Waals surface area contributed by atoms with E-state index in [-0.39, 0.29) is 29.7 Å². The summed E-state index contributed by atoms with van der Waals surface area (Å²) in [5.74, 6) is -6.61. The zero-order chi connectivity index (χ0) is 27.0. The fourth-order valence-electron chi connectivity index (χ4n) is 6.33. The summed E-state index contributed by atoms with van der Waals surface area (Å²) in [4.78, 5) is 40.6. The van der Waals surface area contributed by atoms with Crippen LogP contribution in [-0.2, 0) is 20.8 Å². The largest absolute Gasteiger partial charge is 0.508 e. The number of aliphatic hydroxyl groups excluding tert-OH is 2. The summed E-state index contributed by atoms with van der Waals surface area (Å²) < 4.78 is 0. The number of ketones is 2. The van der Waals surface area contributed by atoms with Crippen LogP contribution in [0.15, 0.2) is 53.3 Å². The third-order valence-corrected chi connectivity index (χ3v) is 7.93. The zero-order valence-corrected chi connectivity index (χ0v) is 20.6. The molecule has 0 spiro atoms. The number of likely N-dealkylation sites (N-methyl/N-ethyl adjacent to an activating group) is 1. The molecule has 0 aromatic heterocycles. The second-order valence-electron chi connectivity index (χ2n) is 10.3. The second kappa shape index (κ2) is 8.29. The Morgan fingerprint density at radius 1 is 1.11 bits per heavy atom. The smallest absolute Gasteiger partial charge is 0.255 e. The summed E-state index contributed by atoms with van der Waals surface area (Å²) in [6.07, 6.45) is 0.293. The number of rotatable bonds is 3. The van der Waals surface area contributed by atoms with Crippen molar-refractivity contribution in [1.82, 2.24) is 4.90 Å². The molecule has 2 aromatic rings. The van der Waals surface area contributed by atoms with E-state index in [9.17, 15) is 34.8 Å². The monoisotopic (exact) mass is 504 g/mol. The van der Waals surface area contributed by atoms with Crippen molar-refractivity contribution in [2.24, 2.45) is 17.6 Å². The van der Waals surface area contributed by atoms with Crippen molar-refractivity contribution >= 4 is 23.2 Å². The molecule has 3 aliphatic rings. The summed E-state index contributed by atoms with van der Waals surface area (Å²) in [6.45, 7) is 1.95. The van der Waals surface area contributed by atoms with Gasteiger partial charge in [0.1, 0.15) is 22.8 Å². The molecule has 1 fully saturated rings. The molecule has 2 aromatic carbocycles. The van der Waals surface area contributed by atoms with Crippen LogP contribution in [-0.4, -0.2) is 68.5 Å². The van der Waals surface area contributed by atoms with Crippen molar-refractivity contribution in [2.45, 2.75) is 31.4 Å². The summed E-state index contributed by atoms with van der Waals surface area (Å²) in [6, 6.07) is 9.82. The molecule has 0 saturated heterocycles. The van der Waals surface area contributed by atoms with Gasteiger partial charge in [-0.05, 0) is 62.5 Å². The van der Waals surface area contributed by atoms with Gasteiger partial charge in [0, 0.05) is 11.5 Å². The number of aromatic hydroxyl groups is 1. The van der Waals surface area contributed by atoms with Gasteiger partial charge < -0.3 is 26.2 Å². The van der Waals surface area contributed by atoms with Gasteiger partial charge in [0.05, 0.1) is 11.6 Å². The van der Waals surface area contributed by atoms with Crippen molar-refractivity contribution in [3.8, 4) is 16.9 Å². The molecule has 4 unspecified atom stereocenters. The van der Waals surface area contributed by atoms with Crippen LogP contribution in [0.2, 0.25) is 0 Å². The number of primary amides is 1. The highest BCUT2D eigenvalue weighted by molar-refractivity contribution is 6.24. The molecule has 3 aliphatic carbocycles. The fourth-order valence-corrected chi connectivity index (χ4v) is 6.33. The van der Waals surface area contributed by atoms with E-state index in [4.69, 9.17) is 5.73 Å². The number of benzene rings is 2. The van der Waals surface area contributed by atoms with E-state index in [1.54, 1.807) is 20.2 Å². The molecular formula is C28H28N2O7. The number of carbonyl (C=O) groups excluding carboxylic acids is 3. The second-order valence-corrected chi connectivity index (χ2v) is 10.3. The molecule has 1 saturated carbocycles. The molecule has 0 aliphatic heterocycles. The van der Waals surface area contributed by atoms with Crippen molar-refractivity contribution in [1.29, 1.82) is 0 Å². The molecule has 9 heteroatoms. The maximum Gasteiger partial charge on any atom is 0.255 e. The topological polar surface area (TPSA) is 161 Å². The van der Waals surface area contributed by atoms with Crippen LogP contribution in [0.25, 0.3) is 16.9 Å². The normalized spacial score (nSPS) is 27.2. The van der Waals surface area contributed by atoms with Gasteiger partial charge in [0.15, 0.2) is 11.4 Å². The molecule has 192 valence electrons. The number of fused-ring (bicyclic) bond motifs is 3. The van der Waals surface area contributed by atoms with Crippen molar-refractivity contribution < 1.29 is 34.8 Å². The van der Waals surface area contributed by atoms with Crippen molar-refractivity contribution in [2.75, 3.05) is 14.1 Å². The lowest BCUT2D eigenvalue weighted by Crippen LogP contribution is -2.65. The van der Waals surface area contributed by atoms with Gasteiger partial charge in [-0.2, -0.15) is 0 Å². The predicted molar refractivity (Wildman–Crippen MR) is 134 cm³/mol. The minimum atomic E-state index is -2.64. The van der Waals surface area contributed by atoms with Crippen LogP contribution in [0.3, 0.4) is 0 Å². The number of aliphatic hydroxyl groups is 3. The van der Waals surface area contributed by atoms with Crippen LogP contribution < -0.4 is 5.73 Å². The number of nitrogens with two attached hydrogens (primary N) is 1. The number of hydrogen-bond acceptors (Lipinski definition) is 8. The Hall–Kier alpha value is -3.95. The molecule has 5 rings (SSSR count). The average Bonchev–Trinajstić information content (AvgIpc) is 2.81. The fraction of sp³-hybridized carbons (Fsp3) is 0.321. The quantitative estimate of drug-likeness (QED) is 0.396. The highest BCUT2D eigenvalue weighted by Gasteiger charge is 2.64. The highest BCUT2D eigenvalue weighted by Crippen LogP contribution is 2.53. The minimum Gasteiger partial charge on any atom is -0.508 e. The van der Waals surface area contributed by atoms with E-state index in [0.717, 1.165) is 16.7 Å². The van der Waals surface area contributed by atoms with Gasteiger partial charge in [-0.3, -0.25) is 19.3 Å². The number of carbonyl (C=O) groups is 3. The standard InChI is InChI=1S/C28H28N2O7/c1-12-5-4-6-13(9-12)15-7-8-18(31)20-16(15)10-14-11-17-22(30(2)3)24(33)21(27(29)36)26(35)28(17,37)25(34)19(14)23(20)32/h4-9,14,17,22,31-32,35,37H,10-11H2,1-3H3,(H2,29,36). The number of hydrogen-bond donors (Lipinski definition) is 5. The lowest BCUT2D eigenvalue weighted by molar-refractivity contribution is -0.153. The lowest BCUT2D eigenvalue weighted by Gasteiger charge is -2.50. The van der Waals surface area contributed by atoms with E-state index < -0.39 is 58.0 Å². The predicted octanol–water partition coefficient (Wildman–Crippen LogP) is 1.94. The van der Waals surface area contributed by atoms with Gasteiger partial charge >= 0.3 is 0 Å². The van der Waals surface area contributed by atoms with E-state index in [2.05, 4.69) is 0 Å². The molecular weight excluding hydrogens is 476 g/mol. The average molecular weight is 505 g/mol. The summed E-state index contributed by atoms with van der Waals surface area (Å²) >= 11 is 0. The zero-order valence-electron chi connectivity index (χ0n) is 20.6. The number of amides is 1. The molecule has 37 heavy (non-hydrogen) atoms. The minimum absolute atomic E-state index is 0.0503. The van der Waals surface area contributed by atoms with Gasteiger partial charge in [0.2, 0.25) is 5.78 Å². The van der Waals surface area contributed by atoms with Gasteiger partial charge in [-0.25, -0.2) is 0 Å². The maximum absolute atomic E-state index is 13.9. The molecule has 1 amide bonds. The Balaban J connectivity index is 1.75. The Labute approximate surface area is 213 Å². The third-order valence-electron chi connectivity index (χ3n) is 7.93. The number of aryl methyl sites for hydroxylation is 1. The van der Waals surface area contributed by atoms with Gasteiger partial charge in [-0.15, -0.1) is 0 Å². The first-order chi connectivity index (χ1) is 17.4. The molecule has 0 radical (unpaired) electrons. The van der Waals surface area contributed by atoms with E-state index >= 15 is 0 Å². The first kappa shape index (κ1) is 24.7. The summed E-state index contributed by atoms with van der Waals surface area (Å²) in [5.41, 5.74) is 5.10. The number of phenolic OH excluding ortho intramolecular Hbond substituents is 1. The van der Waals surface area contributed by atoms with Crippen LogP contribution in [0, 0.1) is 18.8 Å².